The van der Waals surface area contributed by atoms with Gasteiger partial charge in [-0.3, -0.25) is 10.1 Å². The number of hydrogen-bond acceptors (Lipinski definition) is 5. The van der Waals surface area contributed by atoms with Crippen molar-refractivity contribution >= 4 is 63.4 Å². The zero-order valence-electron chi connectivity index (χ0n) is 15.6. The molecule has 30 heavy (non-hydrogen) atoms. The molecule has 0 atom stereocenters. The molecule has 4 aromatic rings. The second-order valence-electron chi connectivity index (χ2n) is 6.41. The first-order chi connectivity index (χ1) is 14.4. The Labute approximate surface area is 187 Å². The Morgan fingerprint density at radius 3 is 2.67 bits per heavy atom. The number of carbonyl (C=O) groups excluding carboxylic acids is 1. The van der Waals surface area contributed by atoms with Crippen LogP contribution in [0, 0.1) is 6.92 Å². The van der Waals surface area contributed by atoms with E-state index in [1.54, 1.807) is 24.4 Å². The van der Waals surface area contributed by atoms with Crippen LogP contribution in [0.5, 0.6) is 0 Å². The molecule has 2 aromatic heterocycles. The number of rotatable bonds is 3. The third kappa shape index (κ3) is 4.28. The lowest BCUT2D eigenvalue weighted by Crippen LogP contribution is -2.34. The fourth-order valence-corrected chi connectivity index (χ4v) is 3.30. The molecular weight excluding hydrogens is 443 g/mol. The van der Waals surface area contributed by atoms with Gasteiger partial charge in [0.2, 0.25) is 5.89 Å². The van der Waals surface area contributed by atoms with Gasteiger partial charge in [-0.1, -0.05) is 23.2 Å². The number of anilines is 1. The summed E-state index contributed by atoms with van der Waals surface area (Å²) in [6.07, 6.45) is 1.67. The van der Waals surface area contributed by atoms with Crippen LogP contribution >= 0.6 is 35.4 Å². The quantitative estimate of drug-likeness (QED) is 0.388. The van der Waals surface area contributed by atoms with Crippen LogP contribution in [0.1, 0.15) is 15.9 Å². The second kappa shape index (κ2) is 8.39. The Balaban J connectivity index is 1.47. The van der Waals surface area contributed by atoms with Crippen LogP contribution in [-0.4, -0.2) is 21.0 Å². The number of aromatic nitrogens is 2. The minimum Gasteiger partial charge on any atom is -0.434 e. The van der Waals surface area contributed by atoms with Gasteiger partial charge in [0.15, 0.2) is 16.3 Å². The van der Waals surface area contributed by atoms with Crippen molar-refractivity contribution in [2.45, 2.75) is 6.92 Å². The summed E-state index contributed by atoms with van der Waals surface area (Å²) in [6, 6.07) is 13.8. The lowest BCUT2D eigenvalue weighted by Gasteiger charge is -2.12. The maximum absolute atomic E-state index is 12.4. The van der Waals surface area contributed by atoms with E-state index in [1.165, 1.54) is 6.07 Å². The highest BCUT2D eigenvalue weighted by Gasteiger charge is 2.13. The van der Waals surface area contributed by atoms with Gasteiger partial charge in [-0.25, -0.2) is 4.98 Å². The van der Waals surface area contributed by atoms with E-state index in [0.717, 1.165) is 16.8 Å². The van der Waals surface area contributed by atoms with Gasteiger partial charge in [0.1, 0.15) is 0 Å². The van der Waals surface area contributed by atoms with Crippen molar-refractivity contribution in [2.75, 3.05) is 5.32 Å². The van der Waals surface area contributed by atoms with Crippen molar-refractivity contribution in [1.29, 1.82) is 0 Å². The minimum absolute atomic E-state index is 0.160. The number of pyridine rings is 1. The van der Waals surface area contributed by atoms with E-state index < -0.39 is 0 Å². The highest BCUT2D eigenvalue weighted by molar-refractivity contribution is 7.80. The molecule has 6 nitrogen and oxygen atoms in total. The highest BCUT2D eigenvalue weighted by Crippen LogP contribution is 2.27. The number of benzene rings is 2. The maximum Gasteiger partial charge on any atom is 0.257 e. The smallest absolute Gasteiger partial charge is 0.257 e. The van der Waals surface area contributed by atoms with E-state index in [9.17, 15) is 4.79 Å². The largest absolute Gasteiger partial charge is 0.434 e. The maximum atomic E-state index is 12.4. The normalized spacial score (nSPS) is 10.8. The first kappa shape index (κ1) is 20.3. The number of fused-ring (bicyclic) bond motifs is 1. The van der Waals surface area contributed by atoms with Crippen molar-refractivity contribution in [1.82, 2.24) is 15.3 Å². The van der Waals surface area contributed by atoms with Crippen LogP contribution in [0.2, 0.25) is 10.0 Å². The van der Waals surface area contributed by atoms with E-state index in [1.807, 2.05) is 31.2 Å². The zero-order chi connectivity index (χ0) is 21.3. The summed E-state index contributed by atoms with van der Waals surface area (Å²) in [6.45, 7) is 1.91. The highest BCUT2D eigenvalue weighted by atomic mass is 35.5. The average molecular weight is 457 g/mol. The SMILES string of the molecule is Cc1cc(-c2nc3ncccc3o2)ccc1NC(=S)NC(=O)c1ccc(Cl)c(Cl)c1. The fourth-order valence-electron chi connectivity index (χ4n) is 2.80. The summed E-state index contributed by atoms with van der Waals surface area (Å²) in [7, 11) is 0. The predicted molar refractivity (Wildman–Crippen MR) is 122 cm³/mol. The Morgan fingerprint density at radius 1 is 1.10 bits per heavy atom. The Morgan fingerprint density at radius 2 is 1.93 bits per heavy atom. The summed E-state index contributed by atoms with van der Waals surface area (Å²) < 4.78 is 5.75. The molecule has 1 amide bonds. The minimum atomic E-state index is -0.390. The van der Waals surface area contributed by atoms with Gasteiger partial charge < -0.3 is 9.73 Å². The van der Waals surface area contributed by atoms with Gasteiger partial charge in [0.05, 0.1) is 10.0 Å². The molecule has 150 valence electrons. The van der Waals surface area contributed by atoms with Crippen molar-refractivity contribution < 1.29 is 9.21 Å². The van der Waals surface area contributed by atoms with Gasteiger partial charge in [0.25, 0.3) is 5.91 Å². The van der Waals surface area contributed by atoms with E-state index in [0.29, 0.717) is 32.7 Å². The van der Waals surface area contributed by atoms with Crippen LogP contribution in [0.4, 0.5) is 5.69 Å². The second-order valence-corrected chi connectivity index (χ2v) is 7.63. The fraction of sp³-hybridized carbons (Fsp3) is 0.0476. The van der Waals surface area contributed by atoms with E-state index in [2.05, 4.69) is 20.6 Å². The number of nitrogens with one attached hydrogen (secondary N) is 2. The number of aryl methyl sites for hydroxylation is 1. The molecule has 4 rings (SSSR count). The molecular formula is C21H14Cl2N4O2S. The van der Waals surface area contributed by atoms with Gasteiger partial charge >= 0.3 is 0 Å². The molecule has 0 unspecified atom stereocenters. The molecule has 0 radical (unpaired) electrons. The van der Waals surface area contributed by atoms with Crippen molar-refractivity contribution in [3.05, 3.63) is 75.9 Å². The molecule has 9 heteroatoms. The number of halogens is 2. The van der Waals surface area contributed by atoms with E-state index in [4.69, 9.17) is 39.8 Å². The molecule has 0 spiro atoms. The molecule has 2 N–H and O–H groups in total. The molecule has 0 aliphatic rings. The predicted octanol–water partition coefficient (Wildman–Crippen LogP) is 5.63. The lowest BCUT2D eigenvalue weighted by atomic mass is 10.1. The molecule has 2 heterocycles. The van der Waals surface area contributed by atoms with Gasteiger partial charge in [-0.05, 0) is 73.2 Å². The number of amides is 1. The van der Waals surface area contributed by atoms with Crippen LogP contribution in [0.25, 0.3) is 22.7 Å². The summed E-state index contributed by atoms with van der Waals surface area (Å²) >= 11 is 17.1. The average Bonchev–Trinajstić information content (AvgIpc) is 3.15. The summed E-state index contributed by atoms with van der Waals surface area (Å²) in [4.78, 5) is 20.9. The molecule has 0 aliphatic heterocycles. The molecule has 0 saturated carbocycles. The molecule has 0 bridgehead atoms. The standard InChI is InChI=1S/C21H14Cl2N4O2S/c1-11-9-13(20-26-18-17(29-20)3-2-8-24-18)5-7-16(11)25-21(30)27-19(28)12-4-6-14(22)15(23)10-12/h2-10H,1H3,(H2,25,27,28,30). The van der Waals surface area contributed by atoms with Crippen LogP contribution in [0.15, 0.2) is 59.1 Å². The molecule has 2 aromatic carbocycles. The van der Waals surface area contributed by atoms with Crippen LogP contribution in [0.3, 0.4) is 0 Å². The number of thiocarbonyl (C=S) groups is 1. The Bertz CT molecular complexity index is 1260. The van der Waals surface area contributed by atoms with Crippen LogP contribution in [-0.2, 0) is 0 Å². The van der Waals surface area contributed by atoms with Gasteiger partial charge in [0, 0.05) is 23.0 Å². The number of carbonyl (C=O) groups is 1. The van der Waals surface area contributed by atoms with Crippen molar-refractivity contribution in [3.63, 3.8) is 0 Å². The first-order valence-electron chi connectivity index (χ1n) is 8.80. The summed E-state index contributed by atoms with van der Waals surface area (Å²) in [5, 5.41) is 6.47. The number of oxazole rings is 1. The first-order valence-corrected chi connectivity index (χ1v) is 9.97. The third-order valence-corrected chi connectivity index (χ3v) is 5.24. The number of nitrogens with zero attached hydrogens (tertiary/aromatic N) is 2. The van der Waals surface area contributed by atoms with Crippen LogP contribution < -0.4 is 10.6 Å². The molecule has 0 aliphatic carbocycles. The van der Waals surface area contributed by atoms with Crippen molar-refractivity contribution in [2.24, 2.45) is 0 Å². The number of hydrogen-bond donors (Lipinski definition) is 2. The van der Waals surface area contributed by atoms with Gasteiger partial charge in [-0.15, -0.1) is 0 Å². The summed E-state index contributed by atoms with van der Waals surface area (Å²) in [5.41, 5.74) is 3.98. The van der Waals surface area contributed by atoms with E-state index in [-0.39, 0.29) is 11.0 Å². The topological polar surface area (TPSA) is 80.1 Å². The van der Waals surface area contributed by atoms with Gasteiger partial charge in [-0.2, -0.15) is 4.98 Å². The summed E-state index contributed by atoms with van der Waals surface area (Å²) in [5.74, 6) is 0.0909. The molecule has 0 fully saturated rings. The lowest BCUT2D eigenvalue weighted by molar-refractivity contribution is 0.0977. The molecule has 0 saturated heterocycles. The van der Waals surface area contributed by atoms with E-state index >= 15 is 0 Å². The van der Waals surface area contributed by atoms with Crippen molar-refractivity contribution in [3.8, 4) is 11.5 Å². The Kier molecular flexibility index (Phi) is 5.67. The Hall–Kier alpha value is -3.00. The zero-order valence-corrected chi connectivity index (χ0v) is 17.9. The monoisotopic (exact) mass is 456 g/mol. The third-order valence-electron chi connectivity index (χ3n) is 4.30.